The fourth-order valence-corrected chi connectivity index (χ4v) is 15.1. The van der Waals surface area contributed by atoms with Crippen molar-refractivity contribution in [2.45, 2.75) is 528 Å². The molecule has 0 N–H and O–H groups in total. The van der Waals surface area contributed by atoms with Crippen LogP contribution in [-0.2, 0) is 95.2 Å². The largest absolute Gasteiger partial charge is 0.463 e. The number of carbonyl (C=O) groups excluding carboxylic acids is 8. The van der Waals surface area contributed by atoms with Gasteiger partial charge >= 0.3 is 47.8 Å². The highest BCUT2D eigenvalue weighted by Crippen LogP contribution is 2.38. The lowest BCUT2D eigenvalue weighted by Crippen LogP contribution is -2.67. The van der Waals surface area contributed by atoms with E-state index in [0.717, 1.165) is 315 Å². The maximum atomic E-state index is 15.0. The predicted molar refractivity (Wildman–Crippen MR) is 460 cm³/mol. The Balaban J connectivity index is 3.11. The fraction of sp³-hybridized carbons (Fsp3) is 0.896. The van der Waals surface area contributed by atoms with E-state index in [9.17, 15) is 38.4 Å². The van der Waals surface area contributed by atoms with Crippen LogP contribution in [0.4, 0.5) is 0 Å². The minimum absolute atomic E-state index is 0.00360. The van der Waals surface area contributed by atoms with E-state index in [1.54, 1.807) is 6.92 Å². The van der Waals surface area contributed by atoms with E-state index in [1.165, 1.54) is 0 Å². The van der Waals surface area contributed by atoms with Crippen LogP contribution in [0.3, 0.4) is 0 Å². The number of rotatable bonds is 80. The normalized spacial score (nSPS) is 19.3. The zero-order chi connectivity index (χ0) is 84.5. The molecule has 0 aromatic carbocycles. The van der Waals surface area contributed by atoms with Crippen LogP contribution in [0.1, 0.15) is 466 Å². The molecule has 10 atom stereocenters. The minimum atomic E-state index is -1.81. The Morgan fingerprint density at radius 2 is 0.466 bits per heavy atom. The summed E-state index contributed by atoms with van der Waals surface area (Å²) in [5.41, 5.74) is 0.381. The lowest BCUT2D eigenvalue weighted by Gasteiger charge is -2.49. The van der Waals surface area contributed by atoms with Gasteiger partial charge in [0.2, 0.25) is 0 Å². The summed E-state index contributed by atoms with van der Waals surface area (Å²) in [6, 6.07) is 0. The standard InChI is InChI=1S/C96H172O20/c1-10-17-24-31-40-49-58-67-81(97)107-76-79-88(111-83(99)69-60-51-42-33-26-19-12-3)90(112-84(100)70-61-52-43-34-27-20-13-4)93(115-87(103)73-64-55-46-37-30-23-16-7)96(110-79)116-89-80(77-108-82(98)68-59-50-41-32-25-18-11-2)109-95(106-75-66-57-48-39-38-47-56-65-74-105-94(104)78(8)9)92(114-86(102)72-63-54-45-36-29-22-15-6)91(89)113-85(101)71-62-53-44-35-28-21-14-5/h79-80,88-93,95-96H,8,10-77H2,1-7,9H3/t79-,80-,88-,89-,90+,91+,92-,93-,95-,96+/m1/s1. The van der Waals surface area contributed by atoms with Crippen molar-refractivity contribution in [3.63, 3.8) is 0 Å². The third kappa shape index (κ3) is 56.0. The molecule has 0 spiro atoms. The molecule has 2 fully saturated rings. The molecule has 2 heterocycles. The zero-order valence-corrected chi connectivity index (χ0v) is 75.2. The number of hydrogen-bond donors (Lipinski definition) is 0. The quantitative estimate of drug-likeness (QED) is 0.0238. The Bertz CT molecular complexity index is 2450. The van der Waals surface area contributed by atoms with Crippen molar-refractivity contribution >= 4 is 47.8 Å². The number of ether oxygens (including phenoxy) is 12. The molecule has 20 heteroatoms. The highest BCUT2D eigenvalue weighted by atomic mass is 16.8. The Labute approximate surface area is 705 Å². The molecule has 0 bridgehead atoms. The van der Waals surface area contributed by atoms with Gasteiger partial charge in [0, 0.05) is 57.1 Å². The molecule has 0 amide bonds. The summed E-state index contributed by atoms with van der Waals surface area (Å²) >= 11 is 0. The molecular formula is C96H172O20. The topological polar surface area (TPSA) is 247 Å². The minimum Gasteiger partial charge on any atom is -0.463 e. The van der Waals surface area contributed by atoms with E-state index in [1.807, 2.05) is 0 Å². The van der Waals surface area contributed by atoms with Gasteiger partial charge < -0.3 is 56.8 Å². The molecule has 2 saturated heterocycles. The van der Waals surface area contributed by atoms with Gasteiger partial charge in [-0.05, 0) is 64.7 Å². The number of hydrogen-bond acceptors (Lipinski definition) is 20. The summed E-state index contributed by atoms with van der Waals surface area (Å²) in [5.74, 6) is -4.52. The van der Waals surface area contributed by atoms with Gasteiger partial charge in [0.15, 0.2) is 43.1 Å². The molecule has 0 radical (unpaired) electrons. The molecular weight excluding hydrogens is 1470 g/mol. The molecule has 0 aromatic rings. The molecule has 20 nitrogen and oxygen atoms in total. The molecule has 0 aliphatic carbocycles. The van der Waals surface area contributed by atoms with E-state index in [0.29, 0.717) is 63.5 Å². The first-order chi connectivity index (χ1) is 56.6. The van der Waals surface area contributed by atoms with Crippen LogP contribution in [0.15, 0.2) is 12.2 Å². The van der Waals surface area contributed by atoms with E-state index >= 15 is 0 Å². The predicted octanol–water partition coefficient (Wildman–Crippen LogP) is 24.7. The molecule has 0 saturated carbocycles. The summed E-state index contributed by atoms with van der Waals surface area (Å²) < 4.78 is 79.2. The van der Waals surface area contributed by atoms with Crippen LogP contribution < -0.4 is 0 Å². The van der Waals surface area contributed by atoms with Crippen molar-refractivity contribution in [1.29, 1.82) is 0 Å². The van der Waals surface area contributed by atoms with Gasteiger partial charge in [0.05, 0.1) is 6.61 Å². The third-order valence-corrected chi connectivity index (χ3v) is 22.4. The SMILES string of the molecule is C=C(C)C(=O)OCCCCCCCCCCO[C@@H]1O[C@H](COC(=O)CCCCCCCCC)[C@@H](O[C@@H]2O[C@H](COC(=O)CCCCCCCCC)[C@@H](OC(=O)CCCCCCCCC)[C@H](OC(=O)CCCCCCCCC)[C@H]2OC(=O)CCCCCCCCC)[C@H](OC(=O)CCCCCCCCC)[C@H]1OC(=O)CCCCCCCCC. The molecule has 2 aliphatic rings. The average molecular weight is 1650 g/mol. The van der Waals surface area contributed by atoms with E-state index < -0.39 is 116 Å². The van der Waals surface area contributed by atoms with Gasteiger partial charge in [-0.3, -0.25) is 33.6 Å². The van der Waals surface area contributed by atoms with Crippen molar-refractivity contribution < 1.29 is 95.2 Å². The van der Waals surface area contributed by atoms with Crippen LogP contribution in [-0.4, -0.2) is 136 Å². The highest BCUT2D eigenvalue weighted by Gasteiger charge is 2.58. The van der Waals surface area contributed by atoms with Crippen molar-refractivity contribution in [3.05, 3.63) is 12.2 Å². The summed E-state index contributed by atoms with van der Waals surface area (Å²) in [6.45, 7) is 20.0. The van der Waals surface area contributed by atoms with Gasteiger partial charge in [0.25, 0.3) is 0 Å². The van der Waals surface area contributed by atoms with Crippen LogP contribution in [0.25, 0.3) is 0 Å². The van der Waals surface area contributed by atoms with Crippen LogP contribution in [0.5, 0.6) is 0 Å². The molecule has 0 unspecified atom stereocenters. The smallest absolute Gasteiger partial charge is 0.333 e. The van der Waals surface area contributed by atoms with Crippen LogP contribution in [0.2, 0.25) is 0 Å². The van der Waals surface area contributed by atoms with Crippen molar-refractivity contribution in [2.75, 3.05) is 26.4 Å². The van der Waals surface area contributed by atoms with E-state index in [4.69, 9.17) is 56.8 Å². The van der Waals surface area contributed by atoms with E-state index in [-0.39, 0.29) is 57.5 Å². The number of carbonyl (C=O) groups is 8. The number of esters is 8. The molecule has 2 rings (SSSR count). The fourth-order valence-electron chi connectivity index (χ4n) is 15.1. The second-order valence-corrected chi connectivity index (χ2v) is 33.5. The first-order valence-electron chi connectivity index (χ1n) is 48.3. The summed E-state index contributed by atoms with van der Waals surface area (Å²) in [5, 5.41) is 0. The Kier molecular flexibility index (Phi) is 69.7. The lowest BCUT2D eigenvalue weighted by molar-refractivity contribution is -0.361. The molecule has 116 heavy (non-hydrogen) atoms. The van der Waals surface area contributed by atoms with Crippen LogP contribution in [0, 0.1) is 0 Å². The third-order valence-electron chi connectivity index (χ3n) is 22.4. The molecule has 676 valence electrons. The van der Waals surface area contributed by atoms with Gasteiger partial charge in [-0.2, -0.15) is 0 Å². The summed E-state index contributed by atoms with van der Waals surface area (Å²) in [6.07, 6.45) is 37.8. The Morgan fingerprint density at radius 1 is 0.241 bits per heavy atom. The van der Waals surface area contributed by atoms with Gasteiger partial charge in [-0.15, -0.1) is 0 Å². The summed E-state index contributed by atoms with van der Waals surface area (Å²) in [7, 11) is 0. The van der Waals surface area contributed by atoms with E-state index in [2.05, 4.69) is 55.0 Å². The summed E-state index contributed by atoms with van der Waals surface area (Å²) in [4.78, 5) is 114. The van der Waals surface area contributed by atoms with Gasteiger partial charge in [-0.1, -0.05) is 363 Å². The maximum Gasteiger partial charge on any atom is 0.333 e. The molecule has 0 aromatic heterocycles. The molecule has 2 aliphatic heterocycles. The maximum absolute atomic E-state index is 15.0. The second kappa shape index (κ2) is 75.3. The second-order valence-electron chi connectivity index (χ2n) is 33.5. The lowest BCUT2D eigenvalue weighted by atomic mass is 9.95. The van der Waals surface area contributed by atoms with Crippen molar-refractivity contribution in [2.24, 2.45) is 0 Å². The van der Waals surface area contributed by atoms with Crippen molar-refractivity contribution in [3.8, 4) is 0 Å². The highest BCUT2D eigenvalue weighted by molar-refractivity contribution is 5.86. The van der Waals surface area contributed by atoms with Crippen molar-refractivity contribution in [1.82, 2.24) is 0 Å². The number of unbranched alkanes of at least 4 members (excludes halogenated alkanes) is 49. The Hall–Kier alpha value is -4.66. The first kappa shape index (κ1) is 107. The van der Waals surface area contributed by atoms with Crippen LogP contribution >= 0.6 is 0 Å². The monoisotopic (exact) mass is 1650 g/mol. The van der Waals surface area contributed by atoms with Gasteiger partial charge in [0.1, 0.15) is 31.5 Å². The Morgan fingerprint density at radius 3 is 0.767 bits per heavy atom. The average Bonchev–Trinajstić information content (AvgIpc) is 0.764. The van der Waals surface area contributed by atoms with Gasteiger partial charge in [-0.25, -0.2) is 4.79 Å². The first-order valence-corrected chi connectivity index (χ1v) is 48.3. The zero-order valence-electron chi connectivity index (χ0n) is 75.2.